The van der Waals surface area contributed by atoms with Gasteiger partial charge in [-0.15, -0.1) is 0 Å². The van der Waals surface area contributed by atoms with E-state index < -0.39 is 5.97 Å². The van der Waals surface area contributed by atoms with Gasteiger partial charge in [0.1, 0.15) is 0 Å². The maximum atomic E-state index is 12.4. The Bertz CT molecular complexity index is 757. The molecule has 4 rings (SSSR count). The quantitative estimate of drug-likeness (QED) is 0.697. The zero-order valence-corrected chi connectivity index (χ0v) is 17.2. The average Bonchev–Trinajstić information content (AvgIpc) is 2.98. The van der Waals surface area contributed by atoms with Gasteiger partial charge in [0.05, 0.1) is 0 Å². The number of rotatable bonds is 2. The number of hydrogen-bond donors (Lipinski definition) is 1. The summed E-state index contributed by atoms with van der Waals surface area (Å²) in [4.78, 5) is 33.2. The fourth-order valence-electron chi connectivity index (χ4n) is 6.61. The van der Waals surface area contributed by atoms with E-state index in [1.54, 1.807) is 0 Å². The van der Waals surface area contributed by atoms with E-state index in [1.165, 1.54) is 18.1 Å². The Morgan fingerprint density at radius 1 is 1.18 bits per heavy atom. The molecule has 4 aliphatic carbocycles. The number of aliphatic carboxylic acids is 1. The Kier molecular flexibility index (Phi) is 5.53. The summed E-state index contributed by atoms with van der Waals surface area (Å²) in [5.41, 5.74) is 1.52. The monoisotopic (exact) mass is 384 g/mol. The van der Waals surface area contributed by atoms with E-state index >= 15 is 0 Å². The standard InChI is InChI=1S/C22H28O2.C2H4O2/c1-4-20(24)19-8-7-17-16-6-5-14-13-15(23)9-11-21(14,2)18(16)10-12-22(17,19)3;1-2(3)4/h4-6,13,16-19H,1,7-12H2,2-3H3;1H3,(H,3,4)/t16-,17-,18-,19+,21-,22-;/m0./s1. The molecule has 0 aliphatic heterocycles. The molecule has 152 valence electrons. The van der Waals surface area contributed by atoms with Crippen LogP contribution >= 0.6 is 0 Å². The first kappa shape index (κ1) is 20.8. The number of carboxylic acid groups (broad SMARTS) is 1. The first-order chi connectivity index (χ1) is 13.1. The fourth-order valence-corrected chi connectivity index (χ4v) is 6.61. The van der Waals surface area contributed by atoms with E-state index in [4.69, 9.17) is 9.90 Å². The molecule has 0 heterocycles. The molecule has 4 nitrogen and oxygen atoms in total. The number of hydrogen-bond acceptors (Lipinski definition) is 3. The van der Waals surface area contributed by atoms with Gasteiger partial charge in [-0.1, -0.05) is 32.6 Å². The van der Waals surface area contributed by atoms with Gasteiger partial charge < -0.3 is 5.11 Å². The van der Waals surface area contributed by atoms with Crippen molar-refractivity contribution < 1.29 is 19.5 Å². The van der Waals surface area contributed by atoms with Crippen molar-refractivity contribution in [3.63, 3.8) is 0 Å². The van der Waals surface area contributed by atoms with Crippen LogP contribution in [0.2, 0.25) is 0 Å². The highest BCUT2D eigenvalue weighted by Gasteiger charge is 2.58. The second-order valence-electron chi connectivity index (χ2n) is 9.43. The Morgan fingerprint density at radius 2 is 1.86 bits per heavy atom. The van der Waals surface area contributed by atoms with Gasteiger partial charge in [-0.2, -0.15) is 0 Å². The molecule has 0 aromatic heterocycles. The average molecular weight is 385 g/mol. The van der Waals surface area contributed by atoms with Crippen molar-refractivity contribution in [2.45, 2.75) is 59.3 Å². The molecule has 0 aromatic carbocycles. The molecule has 0 bridgehead atoms. The molecule has 4 heteroatoms. The molecule has 0 radical (unpaired) electrons. The summed E-state index contributed by atoms with van der Waals surface area (Å²) in [6, 6.07) is 0. The highest BCUT2D eigenvalue weighted by Crippen LogP contribution is 2.65. The van der Waals surface area contributed by atoms with Crippen LogP contribution in [0, 0.1) is 34.5 Å². The van der Waals surface area contributed by atoms with Crippen molar-refractivity contribution in [2.75, 3.05) is 0 Å². The van der Waals surface area contributed by atoms with E-state index in [0.717, 1.165) is 32.6 Å². The van der Waals surface area contributed by atoms with Gasteiger partial charge in [-0.25, -0.2) is 0 Å². The molecule has 4 aliphatic rings. The van der Waals surface area contributed by atoms with Crippen LogP contribution < -0.4 is 0 Å². The van der Waals surface area contributed by atoms with Crippen LogP contribution in [0.4, 0.5) is 0 Å². The lowest BCUT2D eigenvalue weighted by Crippen LogP contribution is -2.49. The molecular formula is C24H32O4. The van der Waals surface area contributed by atoms with Crippen molar-refractivity contribution in [1.82, 2.24) is 0 Å². The number of carbonyl (C=O) groups is 3. The van der Waals surface area contributed by atoms with Crippen molar-refractivity contribution in [3.8, 4) is 0 Å². The lowest BCUT2D eigenvalue weighted by Gasteiger charge is -2.55. The minimum Gasteiger partial charge on any atom is -0.481 e. The zero-order valence-electron chi connectivity index (χ0n) is 17.2. The number of fused-ring (bicyclic) bond motifs is 5. The minimum atomic E-state index is -0.833. The normalized spacial score (nSPS) is 40.8. The summed E-state index contributed by atoms with van der Waals surface area (Å²) in [6.45, 7) is 9.53. The molecular weight excluding hydrogens is 352 g/mol. The summed E-state index contributed by atoms with van der Waals surface area (Å²) in [7, 11) is 0. The van der Waals surface area contributed by atoms with Gasteiger partial charge in [0.15, 0.2) is 11.6 Å². The number of ketones is 2. The van der Waals surface area contributed by atoms with Crippen LogP contribution in [0.3, 0.4) is 0 Å². The Morgan fingerprint density at radius 3 is 2.50 bits per heavy atom. The largest absolute Gasteiger partial charge is 0.481 e. The van der Waals surface area contributed by atoms with Crippen molar-refractivity contribution in [3.05, 3.63) is 36.5 Å². The number of allylic oxidation sites excluding steroid dienone is 5. The van der Waals surface area contributed by atoms with Crippen molar-refractivity contribution in [2.24, 2.45) is 34.5 Å². The maximum Gasteiger partial charge on any atom is 0.300 e. The van der Waals surface area contributed by atoms with Gasteiger partial charge >= 0.3 is 0 Å². The third-order valence-electron chi connectivity index (χ3n) is 8.06. The van der Waals surface area contributed by atoms with E-state index in [0.29, 0.717) is 24.2 Å². The molecule has 0 amide bonds. The lowest BCUT2D eigenvalue weighted by atomic mass is 9.48. The smallest absolute Gasteiger partial charge is 0.300 e. The van der Waals surface area contributed by atoms with Crippen LogP contribution in [0.5, 0.6) is 0 Å². The van der Waals surface area contributed by atoms with Crippen LogP contribution in [0.15, 0.2) is 36.5 Å². The first-order valence-corrected chi connectivity index (χ1v) is 10.4. The predicted molar refractivity (Wildman–Crippen MR) is 109 cm³/mol. The third kappa shape index (κ3) is 3.31. The van der Waals surface area contributed by atoms with Crippen LogP contribution in [0.1, 0.15) is 59.3 Å². The highest BCUT2D eigenvalue weighted by atomic mass is 16.4. The van der Waals surface area contributed by atoms with E-state index in [1.807, 2.05) is 6.08 Å². The van der Waals surface area contributed by atoms with Crippen LogP contribution in [-0.2, 0) is 14.4 Å². The molecule has 0 saturated heterocycles. The van der Waals surface area contributed by atoms with E-state index in [2.05, 4.69) is 32.6 Å². The molecule has 2 saturated carbocycles. The van der Waals surface area contributed by atoms with Crippen LogP contribution in [-0.4, -0.2) is 22.6 Å². The molecule has 0 spiro atoms. The van der Waals surface area contributed by atoms with Gasteiger partial charge in [-0.05, 0) is 78.4 Å². The molecule has 0 unspecified atom stereocenters. The Balaban J connectivity index is 0.000000516. The number of carbonyl (C=O) groups excluding carboxylic acids is 2. The molecule has 0 aromatic rings. The maximum absolute atomic E-state index is 12.4. The zero-order chi connectivity index (χ0) is 20.7. The second-order valence-corrected chi connectivity index (χ2v) is 9.43. The fraction of sp³-hybridized carbons (Fsp3) is 0.625. The lowest BCUT2D eigenvalue weighted by molar-refractivity contribution is -0.134. The van der Waals surface area contributed by atoms with Crippen molar-refractivity contribution in [1.29, 1.82) is 0 Å². The van der Waals surface area contributed by atoms with E-state index in [9.17, 15) is 9.59 Å². The third-order valence-corrected chi connectivity index (χ3v) is 8.06. The van der Waals surface area contributed by atoms with Crippen molar-refractivity contribution >= 4 is 17.5 Å². The summed E-state index contributed by atoms with van der Waals surface area (Å²) in [5, 5.41) is 7.42. The van der Waals surface area contributed by atoms with Crippen LogP contribution in [0.25, 0.3) is 0 Å². The van der Waals surface area contributed by atoms with Gasteiger partial charge in [0.2, 0.25) is 0 Å². The highest BCUT2D eigenvalue weighted by molar-refractivity contribution is 5.92. The van der Waals surface area contributed by atoms with Gasteiger partial charge in [0, 0.05) is 19.3 Å². The molecule has 6 atom stereocenters. The summed E-state index contributed by atoms with van der Waals surface area (Å²) in [6.07, 6.45) is 14.2. The molecule has 1 N–H and O–H groups in total. The Labute approximate surface area is 167 Å². The van der Waals surface area contributed by atoms with E-state index in [-0.39, 0.29) is 28.3 Å². The molecule has 28 heavy (non-hydrogen) atoms. The van der Waals surface area contributed by atoms with Gasteiger partial charge in [0.25, 0.3) is 5.97 Å². The number of carboxylic acids is 1. The summed E-state index contributed by atoms with van der Waals surface area (Å²) >= 11 is 0. The first-order valence-electron chi connectivity index (χ1n) is 10.4. The topological polar surface area (TPSA) is 71.4 Å². The second kappa shape index (κ2) is 7.46. The minimum absolute atomic E-state index is 0.124. The summed E-state index contributed by atoms with van der Waals surface area (Å²) in [5.74, 6) is 1.63. The predicted octanol–water partition coefficient (Wildman–Crippen LogP) is 4.76. The molecule has 2 fully saturated rings. The SMILES string of the molecule is C=CC(=O)[C@H]1CC[C@H]2[C@@H]3C=CC4=CC(=O)CC[C@]4(C)[C@H]3CC[C@]12C.CC(=O)O. The van der Waals surface area contributed by atoms with Gasteiger partial charge in [-0.3, -0.25) is 14.4 Å². The Hall–Kier alpha value is -1.97. The summed E-state index contributed by atoms with van der Waals surface area (Å²) < 4.78 is 0.